The van der Waals surface area contributed by atoms with Crippen LogP contribution >= 0.6 is 11.6 Å². The first-order valence-corrected chi connectivity index (χ1v) is 5.26. The molecule has 0 atom stereocenters. The molecule has 0 aliphatic rings. The third-order valence-corrected chi connectivity index (χ3v) is 2.59. The number of nitriles is 1. The van der Waals surface area contributed by atoms with Crippen molar-refractivity contribution < 1.29 is 0 Å². The van der Waals surface area contributed by atoms with Crippen LogP contribution in [-0.2, 0) is 5.41 Å². The Bertz CT molecular complexity index is 586. The van der Waals surface area contributed by atoms with E-state index in [0.717, 1.165) is 5.69 Å². The molecular formula is C11H11ClN4. The minimum Gasteiger partial charge on any atom is -0.232 e. The summed E-state index contributed by atoms with van der Waals surface area (Å²) in [5.41, 5.74) is 1.69. The number of halogens is 1. The normalized spacial score (nSPS) is 11.7. The van der Waals surface area contributed by atoms with Crippen LogP contribution in [0.5, 0.6) is 0 Å². The Morgan fingerprint density at radius 3 is 2.69 bits per heavy atom. The van der Waals surface area contributed by atoms with Crippen molar-refractivity contribution in [3.63, 3.8) is 0 Å². The first-order chi connectivity index (χ1) is 7.43. The highest BCUT2D eigenvalue weighted by Crippen LogP contribution is 2.24. The molecule has 0 saturated carbocycles. The van der Waals surface area contributed by atoms with Crippen molar-refractivity contribution >= 4 is 17.2 Å². The Hall–Kier alpha value is -1.60. The minimum atomic E-state index is -0.109. The van der Waals surface area contributed by atoms with Crippen molar-refractivity contribution in [2.45, 2.75) is 26.2 Å². The average Bonchev–Trinajstić information content (AvgIpc) is 2.59. The van der Waals surface area contributed by atoms with Crippen LogP contribution in [0.25, 0.3) is 5.65 Å². The zero-order valence-corrected chi connectivity index (χ0v) is 10.1. The van der Waals surface area contributed by atoms with Gasteiger partial charge in [-0.25, -0.2) is 9.50 Å². The Labute approximate surface area is 98.5 Å². The zero-order valence-electron chi connectivity index (χ0n) is 9.32. The van der Waals surface area contributed by atoms with Gasteiger partial charge < -0.3 is 0 Å². The van der Waals surface area contributed by atoms with Crippen molar-refractivity contribution in [2.75, 3.05) is 0 Å². The van der Waals surface area contributed by atoms with E-state index in [9.17, 15) is 0 Å². The molecule has 0 radical (unpaired) electrons. The van der Waals surface area contributed by atoms with Crippen LogP contribution in [0, 0.1) is 11.3 Å². The monoisotopic (exact) mass is 234 g/mol. The molecule has 0 fully saturated rings. The molecule has 2 aromatic rings. The van der Waals surface area contributed by atoms with Gasteiger partial charge in [-0.2, -0.15) is 10.4 Å². The highest BCUT2D eigenvalue weighted by molar-refractivity contribution is 6.29. The Balaban J connectivity index is 2.79. The maximum absolute atomic E-state index is 8.92. The molecule has 82 valence electrons. The topological polar surface area (TPSA) is 54.0 Å². The summed E-state index contributed by atoms with van der Waals surface area (Å²) in [6, 6.07) is 3.83. The predicted molar refractivity (Wildman–Crippen MR) is 61.4 cm³/mol. The molecule has 0 aliphatic carbocycles. The molecule has 0 N–H and O–H groups in total. The van der Waals surface area contributed by atoms with E-state index in [-0.39, 0.29) is 5.41 Å². The smallest absolute Gasteiger partial charge is 0.174 e. The molecule has 0 bridgehead atoms. The quantitative estimate of drug-likeness (QED) is 0.659. The molecular weight excluding hydrogens is 224 g/mol. The fourth-order valence-corrected chi connectivity index (χ4v) is 1.62. The molecule has 2 aromatic heterocycles. The van der Waals surface area contributed by atoms with Crippen molar-refractivity contribution in [2.24, 2.45) is 0 Å². The number of nitrogens with zero attached hydrogens (tertiary/aromatic N) is 4. The molecule has 5 heteroatoms. The van der Waals surface area contributed by atoms with E-state index in [1.54, 1.807) is 6.07 Å². The summed E-state index contributed by atoms with van der Waals surface area (Å²) >= 11 is 6.09. The molecule has 0 saturated heterocycles. The lowest BCUT2D eigenvalue weighted by Gasteiger charge is -2.17. The van der Waals surface area contributed by atoms with E-state index in [1.165, 1.54) is 10.7 Å². The largest absolute Gasteiger partial charge is 0.232 e. The van der Waals surface area contributed by atoms with E-state index in [2.05, 4.69) is 16.2 Å². The van der Waals surface area contributed by atoms with E-state index in [1.807, 2.05) is 20.8 Å². The van der Waals surface area contributed by atoms with E-state index >= 15 is 0 Å². The SMILES string of the molecule is CC(C)(C)c1cc(Cl)n2ncc(C#N)c2n1. The molecule has 2 rings (SSSR count). The van der Waals surface area contributed by atoms with Gasteiger partial charge in [-0.1, -0.05) is 32.4 Å². The number of rotatable bonds is 0. The number of aromatic nitrogens is 3. The summed E-state index contributed by atoms with van der Waals surface area (Å²) in [7, 11) is 0. The molecule has 0 spiro atoms. The maximum Gasteiger partial charge on any atom is 0.174 e. The van der Waals surface area contributed by atoms with Crippen molar-refractivity contribution in [1.29, 1.82) is 5.26 Å². The van der Waals surface area contributed by atoms with Crippen molar-refractivity contribution in [1.82, 2.24) is 14.6 Å². The van der Waals surface area contributed by atoms with Crippen LogP contribution in [0.3, 0.4) is 0 Å². The van der Waals surface area contributed by atoms with Crippen LogP contribution in [0.4, 0.5) is 0 Å². The average molecular weight is 235 g/mol. The summed E-state index contributed by atoms with van der Waals surface area (Å²) < 4.78 is 1.47. The van der Waals surface area contributed by atoms with Gasteiger partial charge >= 0.3 is 0 Å². The van der Waals surface area contributed by atoms with Crippen molar-refractivity contribution in [3.8, 4) is 6.07 Å². The molecule has 4 nitrogen and oxygen atoms in total. The number of hydrogen-bond acceptors (Lipinski definition) is 3. The Kier molecular flexibility index (Phi) is 2.36. The van der Waals surface area contributed by atoms with E-state index in [4.69, 9.17) is 16.9 Å². The third-order valence-electron chi connectivity index (χ3n) is 2.32. The molecule has 0 amide bonds. The van der Waals surface area contributed by atoms with Gasteiger partial charge in [0.15, 0.2) is 5.65 Å². The van der Waals surface area contributed by atoms with Crippen LogP contribution < -0.4 is 0 Å². The van der Waals surface area contributed by atoms with Gasteiger partial charge in [0.2, 0.25) is 0 Å². The molecule has 0 aliphatic heterocycles. The zero-order chi connectivity index (χ0) is 11.9. The van der Waals surface area contributed by atoms with Gasteiger partial charge in [-0.05, 0) is 6.07 Å². The number of fused-ring (bicyclic) bond motifs is 1. The molecule has 0 unspecified atom stereocenters. The van der Waals surface area contributed by atoms with Crippen molar-refractivity contribution in [3.05, 3.63) is 28.7 Å². The predicted octanol–water partition coefficient (Wildman–Crippen LogP) is 2.55. The third kappa shape index (κ3) is 1.63. The number of hydrogen-bond donors (Lipinski definition) is 0. The van der Waals surface area contributed by atoms with Crippen LogP contribution in [-0.4, -0.2) is 14.6 Å². The van der Waals surface area contributed by atoms with Gasteiger partial charge in [0.25, 0.3) is 0 Å². The second kappa shape index (κ2) is 3.46. The fraction of sp³-hybridized carbons (Fsp3) is 0.364. The van der Waals surface area contributed by atoms with Crippen LogP contribution in [0.1, 0.15) is 32.0 Å². The van der Waals surface area contributed by atoms with E-state index in [0.29, 0.717) is 16.4 Å². The lowest BCUT2D eigenvalue weighted by molar-refractivity contribution is 0.568. The van der Waals surface area contributed by atoms with Gasteiger partial charge in [0.05, 0.1) is 11.9 Å². The van der Waals surface area contributed by atoms with E-state index < -0.39 is 0 Å². The fourth-order valence-electron chi connectivity index (χ4n) is 1.39. The second-order valence-electron chi connectivity index (χ2n) is 4.62. The molecule has 2 heterocycles. The first-order valence-electron chi connectivity index (χ1n) is 4.88. The summed E-state index contributed by atoms with van der Waals surface area (Å²) in [6.07, 6.45) is 1.47. The van der Waals surface area contributed by atoms with Gasteiger partial charge in [0.1, 0.15) is 16.8 Å². The Morgan fingerprint density at radius 1 is 1.44 bits per heavy atom. The highest BCUT2D eigenvalue weighted by atomic mass is 35.5. The van der Waals surface area contributed by atoms with Crippen LogP contribution in [0.15, 0.2) is 12.3 Å². The minimum absolute atomic E-state index is 0.109. The summed E-state index contributed by atoms with van der Waals surface area (Å²) in [4.78, 5) is 4.43. The standard InChI is InChI=1S/C11H11ClN4/c1-11(2,3)8-4-9(12)16-10(15-8)7(5-13)6-14-16/h4,6H,1-3H3. The lowest BCUT2D eigenvalue weighted by atomic mass is 9.92. The second-order valence-corrected chi connectivity index (χ2v) is 5.01. The van der Waals surface area contributed by atoms with Gasteiger partial charge in [0, 0.05) is 5.41 Å². The van der Waals surface area contributed by atoms with Gasteiger partial charge in [-0.3, -0.25) is 0 Å². The summed E-state index contributed by atoms with van der Waals surface area (Å²) in [5, 5.41) is 13.4. The maximum atomic E-state index is 8.92. The molecule has 0 aromatic carbocycles. The highest BCUT2D eigenvalue weighted by Gasteiger charge is 2.19. The van der Waals surface area contributed by atoms with Crippen LogP contribution in [0.2, 0.25) is 5.15 Å². The van der Waals surface area contributed by atoms with Gasteiger partial charge in [-0.15, -0.1) is 0 Å². The molecule has 16 heavy (non-hydrogen) atoms. The summed E-state index contributed by atoms with van der Waals surface area (Å²) in [6.45, 7) is 6.14. The first kappa shape index (κ1) is 10.9. The summed E-state index contributed by atoms with van der Waals surface area (Å²) in [5.74, 6) is 0. The Morgan fingerprint density at radius 2 is 2.12 bits per heavy atom. The lowest BCUT2D eigenvalue weighted by Crippen LogP contribution is -2.14.